The van der Waals surface area contributed by atoms with Crippen molar-refractivity contribution in [2.45, 2.75) is 102 Å². The summed E-state index contributed by atoms with van der Waals surface area (Å²) < 4.78 is 6.58. The smallest absolute Gasteiger partial charge is 0.271 e. The van der Waals surface area contributed by atoms with Crippen LogP contribution in [0.1, 0.15) is 131 Å². The Balaban J connectivity index is 1.01. The Labute approximate surface area is 529 Å². The van der Waals surface area contributed by atoms with Crippen LogP contribution in [-0.4, -0.2) is 112 Å². The van der Waals surface area contributed by atoms with E-state index >= 15 is 4.79 Å². The van der Waals surface area contributed by atoms with Gasteiger partial charge in [0.15, 0.2) is 0 Å². The number of carbonyl (C=O) groups excluding carboxylic acids is 6. The van der Waals surface area contributed by atoms with E-state index in [9.17, 15) is 34.2 Å². The van der Waals surface area contributed by atoms with E-state index in [1.807, 2.05) is 36.6 Å². The number of primary amides is 2. The Kier molecular flexibility index (Phi) is 17.5. The number of fused-ring (bicyclic) bond motifs is 16. The van der Waals surface area contributed by atoms with E-state index in [1.165, 1.54) is 44.8 Å². The number of thiazole rings is 6. The van der Waals surface area contributed by atoms with Crippen LogP contribution in [0.15, 0.2) is 93.6 Å². The Morgan fingerprint density at radius 2 is 1.32 bits per heavy atom. The topological polar surface area (TPSA) is 334 Å². The lowest BCUT2D eigenvalue weighted by Gasteiger charge is -2.36. The van der Waals surface area contributed by atoms with Crippen LogP contribution in [0.2, 0.25) is 18.1 Å². The quantitative estimate of drug-likeness (QED) is 0.0628. The number of nitrogens with zero attached hydrogens (tertiary/aromatic N) is 8. The number of nitrogens with one attached hydrogen (secondary N) is 3. The molecule has 0 aliphatic carbocycles. The van der Waals surface area contributed by atoms with Crippen molar-refractivity contribution in [1.82, 2.24) is 55.7 Å². The Bertz CT molecular complexity index is 4140. The molecule has 0 saturated carbocycles. The Hall–Kier alpha value is -7.87. The third-order valence-corrected chi connectivity index (χ3v) is 25.5. The van der Waals surface area contributed by atoms with Gasteiger partial charge in [0.25, 0.3) is 23.6 Å². The van der Waals surface area contributed by atoms with Crippen LogP contribution >= 0.6 is 68.0 Å². The van der Waals surface area contributed by atoms with Crippen LogP contribution in [0, 0.1) is 12.8 Å². The molecule has 0 spiro atoms. The normalized spacial score (nSPS) is 19.7. The first-order valence-electron chi connectivity index (χ1n) is 27.7. The monoisotopic (exact) mass is 1310 g/mol. The average molecular weight is 1310 g/mol. The van der Waals surface area contributed by atoms with Gasteiger partial charge < -0.3 is 47.0 Å². The van der Waals surface area contributed by atoms with Crippen molar-refractivity contribution in [3.63, 3.8) is 0 Å². The van der Waals surface area contributed by atoms with Crippen molar-refractivity contribution in [1.29, 1.82) is 0 Å². The maximum Gasteiger partial charge on any atom is 0.271 e. The number of aliphatic hydroxyl groups is 2. The highest BCUT2D eigenvalue weighted by Crippen LogP contribution is 2.43. The van der Waals surface area contributed by atoms with E-state index in [0.29, 0.717) is 70.1 Å². The minimum Gasteiger partial charge on any atom is -0.544 e. The van der Waals surface area contributed by atoms with Crippen LogP contribution < -0.4 is 31.8 Å². The molecular formula is C59H59N13O9S6Si. The molecule has 88 heavy (non-hydrogen) atoms. The molecule has 2 aliphatic heterocycles. The lowest BCUT2D eigenvalue weighted by Crippen LogP contribution is -2.50. The van der Waals surface area contributed by atoms with Crippen molar-refractivity contribution in [2.75, 3.05) is 6.54 Å². The fourth-order valence-corrected chi connectivity index (χ4v) is 16.2. The molecule has 0 radical (unpaired) electrons. The highest BCUT2D eigenvalue weighted by atomic mass is 32.1. The number of carbonyl (C=O) groups is 6. The zero-order chi connectivity index (χ0) is 62.5. The van der Waals surface area contributed by atoms with E-state index in [1.54, 1.807) is 65.0 Å². The summed E-state index contributed by atoms with van der Waals surface area (Å²) in [6, 6.07) is 15.2. The maximum absolute atomic E-state index is 15.4. The van der Waals surface area contributed by atoms with Gasteiger partial charge in [0.1, 0.15) is 93.8 Å². The highest BCUT2D eigenvalue weighted by molar-refractivity contribution is 7.15. The summed E-state index contributed by atoms with van der Waals surface area (Å²) in [5, 5.41) is 42.6. The van der Waals surface area contributed by atoms with Gasteiger partial charge in [0.05, 0.1) is 30.3 Å². The molecule has 7 aromatic heterocycles. The minimum atomic E-state index is -2.22. The summed E-state index contributed by atoms with van der Waals surface area (Å²) in [4.78, 5) is 119. The summed E-state index contributed by atoms with van der Waals surface area (Å²) in [6.07, 6.45) is -2.73. The van der Waals surface area contributed by atoms with Gasteiger partial charge in [0, 0.05) is 56.2 Å². The van der Waals surface area contributed by atoms with Crippen LogP contribution in [0.25, 0.3) is 43.4 Å². The van der Waals surface area contributed by atoms with Gasteiger partial charge in [-0.05, 0) is 60.4 Å². The number of pyridine rings is 1. The SMILES string of the molecule is Cc1sc2nc1C(=O)N[C@@H]([C@H](O)c1ccccc1)c1nc(cs1)C(=O)N[C@@H](Cc1ccc(O[Si](C)(C)C(C)(C)C)cc1)C(=O)N1C[C@H](O)[C@H](C)[C@H]1c1nc(cs1)-c1nc(cs1)-c1nc(-c3nc(C(N)=O)cs3)ccc1-c1nc(cs1)C(=O)N[C@H]2CC(N)=O. The van der Waals surface area contributed by atoms with E-state index in [0.717, 1.165) is 34.0 Å². The zero-order valence-electron chi connectivity index (χ0n) is 48.3. The number of amides is 6. The van der Waals surface area contributed by atoms with E-state index in [-0.39, 0.29) is 50.8 Å². The summed E-state index contributed by atoms with van der Waals surface area (Å²) >= 11 is 6.98. The van der Waals surface area contributed by atoms with Gasteiger partial charge in [-0.25, -0.2) is 34.9 Å². The highest BCUT2D eigenvalue weighted by Gasteiger charge is 2.46. The molecule has 1 saturated heterocycles. The molecule has 29 heteroatoms. The number of nitrogens with two attached hydrogens (primary N) is 2. The fraction of sp³-hybridized carbons (Fsp3) is 0.305. The number of hydrogen-bond acceptors (Lipinski definition) is 22. The predicted octanol–water partition coefficient (Wildman–Crippen LogP) is 9.07. The van der Waals surface area contributed by atoms with Crippen LogP contribution in [-0.2, 0) is 16.0 Å². The molecule has 9 heterocycles. The van der Waals surface area contributed by atoms with Gasteiger partial charge in [-0.3, -0.25) is 28.8 Å². The zero-order valence-corrected chi connectivity index (χ0v) is 54.2. The van der Waals surface area contributed by atoms with Crippen molar-refractivity contribution < 1.29 is 43.4 Å². The van der Waals surface area contributed by atoms with Gasteiger partial charge in [-0.1, -0.05) is 70.2 Å². The standard InChI is InChI=1S/C59H59N13O9S6Si/c1-27-41(73)21-72-46(27)57-69-40(26-86-57)54-65-36(22-83-54)44-32(17-18-33(62-44)53-66-37(23-84-53)48(61)76)52-67-38(24-82-52)49(77)63-34(20-42(60)74)55-71-43(28(2)87-55)51(79)70-45(47(75)30-11-9-8-10-12-30)56-68-39(25-85-56)50(78)64-35(58(72)80)19-29-13-15-31(16-14-29)81-88(6,7)59(3,4)5/h8-18,22-27,34-35,41,45-47,73,75H,19-21H2,1-7H3,(H2,60,74)(H2,61,76)(H,63,77)(H,64,78)(H,70,79)/t27-,34-,35-,41-,45-,46-,47+/m0/s1. The predicted molar refractivity (Wildman–Crippen MR) is 341 cm³/mol. The van der Waals surface area contributed by atoms with E-state index in [2.05, 4.69) is 59.8 Å². The fourth-order valence-electron chi connectivity index (χ4n) is 9.82. The molecule has 454 valence electrons. The van der Waals surface area contributed by atoms with Gasteiger partial charge >= 0.3 is 0 Å². The molecule has 6 amide bonds. The second kappa shape index (κ2) is 25.0. The largest absolute Gasteiger partial charge is 0.544 e. The molecular weight excluding hydrogens is 1260 g/mol. The number of aromatic nitrogens is 7. The molecule has 22 nitrogen and oxygen atoms in total. The summed E-state index contributed by atoms with van der Waals surface area (Å²) in [5.74, 6) is -3.90. The Morgan fingerprint density at radius 3 is 2.02 bits per heavy atom. The molecule has 9 aromatic rings. The van der Waals surface area contributed by atoms with Crippen molar-refractivity contribution in [3.8, 4) is 49.1 Å². The second-order valence-corrected chi connectivity index (χ2v) is 33.1. The molecule has 10 bridgehead atoms. The molecule has 7 atom stereocenters. The minimum absolute atomic E-state index is 0.0136. The molecule has 2 aliphatic rings. The first-order chi connectivity index (χ1) is 41.9. The summed E-state index contributed by atoms with van der Waals surface area (Å²) in [5.41, 5.74) is 14.5. The molecule has 0 unspecified atom stereocenters. The third-order valence-electron chi connectivity index (χ3n) is 15.6. The van der Waals surface area contributed by atoms with Crippen molar-refractivity contribution in [2.24, 2.45) is 17.4 Å². The van der Waals surface area contributed by atoms with Gasteiger partial charge in [-0.2, -0.15) is 0 Å². The molecule has 1 fully saturated rings. The number of aliphatic hydroxyl groups excluding tert-OH is 2. The first-order valence-corrected chi connectivity index (χ1v) is 35.8. The molecule has 11 rings (SSSR count). The van der Waals surface area contributed by atoms with E-state index < -0.39 is 92.5 Å². The van der Waals surface area contributed by atoms with Gasteiger partial charge in [0.2, 0.25) is 20.1 Å². The number of aryl methyl sites for hydroxylation is 1. The maximum atomic E-state index is 15.4. The lowest BCUT2D eigenvalue weighted by atomic mass is 10.00. The van der Waals surface area contributed by atoms with E-state index in [4.69, 9.17) is 40.8 Å². The summed E-state index contributed by atoms with van der Waals surface area (Å²) in [6.45, 7) is 14.2. The Morgan fingerprint density at radius 1 is 0.693 bits per heavy atom. The molecule has 9 N–H and O–H groups in total. The number of hydrogen-bond donors (Lipinski definition) is 7. The van der Waals surface area contributed by atoms with Gasteiger partial charge in [-0.15, -0.1) is 68.0 Å². The van der Waals surface area contributed by atoms with Crippen LogP contribution in [0.4, 0.5) is 0 Å². The third kappa shape index (κ3) is 12.9. The average Bonchev–Trinajstić information content (AvgIpc) is 2.17. The molecule has 2 aromatic carbocycles. The van der Waals surface area contributed by atoms with Crippen molar-refractivity contribution >= 4 is 112 Å². The first kappa shape index (κ1) is 61.8. The lowest BCUT2D eigenvalue weighted by molar-refractivity contribution is -0.134. The summed E-state index contributed by atoms with van der Waals surface area (Å²) in [7, 11) is -2.22. The number of benzene rings is 2. The van der Waals surface area contributed by atoms with Crippen molar-refractivity contribution in [3.05, 3.63) is 147 Å². The van der Waals surface area contributed by atoms with Crippen LogP contribution in [0.3, 0.4) is 0 Å². The second-order valence-electron chi connectivity index (χ2n) is 22.8. The number of rotatable bonds is 10. The van der Waals surface area contributed by atoms with Crippen LogP contribution in [0.5, 0.6) is 5.75 Å².